The second-order valence-corrected chi connectivity index (χ2v) is 6.25. The van der Waals surface area contributed by atoms with Crippen molar-refractivity contribution in [3.8, 4) is 11.5 Å². The van der Waals surface area contributed by atoms with Crippen LogP contribution in [0.4, 0.5) is 5.69 Å². The van der Waals surface area contributed by atoms with Gasteiger partial charge in [-0.05, 0) is 43.2 Å². The number of ether oxygens (including phenoxy) is 2. The molecule has 0 unspecified atom stereocenters. The van der Waals surface area contributed by atoms with E-state index < -0.39 is 4.92 Å². The Balaban J connectivity index is 1.92. The van der Waals surface area contributed by atoms with E-state index in [4.69, 9.17) is 21.1 Å². The monoisotopic (exact) mass is 372 g/mol. The van der Waals surface area contributed by atoms with Gasteiger partial charge < -0.3 is 9.47 Å². The summed E-state index contributed by atoms with van der Waals surface area (Å²) in [5.74, 6) is 0.535. The zero-order valence-corrected chi connectivity index (χ0v) is 15.3. The van der Waals surface area contributed by atoms with Crippen molar-refractivity contribution in [2.24, 2.45) is 0 Å². The fraction of sp³-hybridized carbons (Fsp3) is 0.211. The highest BCUT2D eigenvalue weighted by atomic mass is 35.5. The van der Waals surface area contributed by atoms with E-state index in [1.807, 2.05) is 32.0 Å². The van der Waals surface area contributed by atoms with Crippen LogP contribution in [0, 0.1) is 24.0 Å². The van der Waals surface area contributed by atoms with Gasteiger partial charge in [0.05, 0.1) is 23.6 Å². The van der Waals surface area contributed by atoms with Crippen LogP contribution in [0.5, 0.6) is 11.5 Å². The van der Waals surface area contributed by atoms with Crippen molar-refractivity contribution in [3.05, 3.63) is 68.4 Å². The number of benzene rings is 2. The second-order valence-electron chi connectivity index (χ2n) is 5.90. The Bertz CT molecular complexity index is 1000. The number of methoxy groups -OCH3 is 1. The van der Waals surface area contributed by atoms with Gasteiger partial charge in [0.25, 0.3) is 0 Å². The van der Waals surface area contributed by atoms with Crippen LogP contribution in [0.1, 0.15) is 16.7 Å². The zero-order chi connectivity index (χ0) is 18.8. The first kappa shape index (κ1) is 17.9. The lowest BCUT2D eigenvalue weighted by atomic mass is 10.0. The molecule has 0 atom stereocenters. The predicted octanol–water partition coefficient (Wildman–Crippen LogP) is 5.00. The number of fused-ring (bicyclic) bond motifs is 1. The van der Waals surface area contributed by atoms with Crippen LogP contribution in [-0.2, 0) is 6.61 Å². The summed E-state index contributed by atoms with van der Waals surface area (Å²) in [5, 5.41) is 12.5. The zero-order valence-electron chi connectivity index (χ0n) is 14.6. The molecule has 0 aliphatic carbocycles. The molecule has 1 aromatic heterocycles. The fourth-order valence-electron chi connectivity index (χ4n) is 2.65. The minimum Gasteiger partial charge on any atom is -0.496 e. The highest BCUT2D eigenvalue weighted by molar-refractivity contribution is 6.30. The summed E-state index contributed by atoms with van der Waals surface area (Å²) in [5.41, 5.74) is 3.55. The molecule has 7 heteroatoms. The minimum atomic E-state index is -0.510. The molecule has 0 radical (unpaired) electrons. The van der Waals surface area contributed by atoms with E-state index in [9.17, 15) is 10.1 Å². The van der Waals surface area contributed by atoms with E-state index in [1.54, 1.807) is 6.07 Å². The van der Waals surface area contributed by atoms with Crippen LogP contribution in [0.3, 0.4) is 0 Å². The molecule has 0 aliphatic heterocycles. The molecule has 0 bridgehead atoms. The summed E-state index contributed by atoms with van der Waals surface area (Å²) in [6, 6.07) is 10.3. The number of pyridine rings is 1. The molecule has 6 nitrogen and oxygen atoms in total. The third-order valence-corrected chi connectivity index (χ3v) is 4.61. The van der Waals surface area contributed by atoms with Gasteiger partial charge >= 0.3 is 5.69 Å². The number of nitro groups is 1. The molecular formula is C19H17ClN2O4. The Morgan fingerprint density at radius 3 is 2.65 bits per heavy atom. The maximum atomic E-state index is 11.2. The van der Waals surface area contributed by atoms with Gasteiger partial charge in [0.1, 0.15) is 17.5 Å². The summed E-state index contributed by atoms with van der Waals surface area (Å²) in [7, 11) is 1.45. The quantitative estimate of drug-likeness (QED) is 0.358. The van der Waals surface area contributed by atoms with Crippen molar-refractivity contribution in [3.63, 3.8) is 0 Å². The van der Waals surface area contributed by atoms with Crippen LogP contribution < -0.4 is 9.47 Å². The highest BCUT2D eigenvalue weighted by Gasteiger charge is 2.17. The summed E-state index contributed by atoms with van der Waals surface area (Å²) < 4.78 is 10.7. The van der Waals surface area contributed by atoms with Crippen LogP contribution in [0.15, 0.2) is 36.4 Å². The maximum absolute atomic E-state index is 11.2. The van der Waals surface area contributed by atoms with Crippen molar-refractivity contribution in [2.45, 2.75) is 20.5 Å². The van der Waals surface area contributed by atoms with Crippen molar-refractivity contribution in [1.82, 2.24) is 4.98 Å². The molecule has 2 aromatic carbocycles. The van der Waals surface area contributed by atoms with E-state index in [-0.39, 0.29) is 18.0 Å². The van der Waals surface area contributed by atoms with Crippen molar-refractivity contribution >= 4 is 28.2 Å². The molecule has 3 aromatic rings. The highest BCUT2D eigenvalue weighted by Crippen LogP contribution is 2.32. The van der Waals surface area contributed by atoms with E-state index in [2.05, 4.69) is 4.98 Å². The van der Waals surface area contributed by atoms with Gasteiger partial charge in [-0.15, -0.1) is 0 Å². The van der Waals surface area contributed by atoms with Crippen LogP contribution in [-0.4, -0.2) is 17.0 Å². The molecule has 1 heterocycles. The van der Waals surface area contributed by atoms with Crippen molar-refractivity contribution in [1.29, 1.82) is 0 Å². The molecule has 0 fully saturated rings. The average Bonchev–Trinajstić information content (AvgIpc) is 2.63. The van der Waals surface area contributed by atoms with E-state index in [0.717, 1.165) is 22.0 Å². The van der Waals surface area contributed by atoms with Gasteiger partial charge in [0.15, 0.2) is 5.75 Å². The van der Waals surface area contributed by atoms with Gasteiger partial charge in [-0.3, -0.25) is 10.1 Å². The van der Waals surface area contributed by atoms with Crippen LogP contribution in [0.2, 0.25) is 5.15 Å². The van der Waals surface area contributed by atoms with Gasteiger partial charge in [-0.1, -0.05) is 23.7 Å². The topological polar surface area (TPSA) is 74.5 Å². The third-order valence-electron chi connectivity index (χ3n) is 4.28. The third kappa shape index (κ3) is 3.41. The standard InChI is InChI=1S/C19H17ClN2O4/c1-11-4-5-13-8-14(19(20)21-18(13)12(11)2)10-26-17-7-6-15(25-3)9-16(17)22(23)24/h4-9H,10H2,1-3H3. The Morgan fingerprint density at radius 1 is 1.19 bits per heavy atom. The summed E-state index contributed by atoms with van der Waals surface area (Å²) in [4.78, 5) is 15.2. The smallest absolute Gasteiger partial charge is 0.314 e. The molecule has 0 N–H and O–H groups in total. The number of aromatic nitrogens is 1. The second kappa shape index (κ2) is 7.17. The summed E-state index contributed by atoms with van der Waals surface area (Å²) in [6.07, 6.45) is 0. The Labute approximate surface area is 155 Å². The molecule has 0 amide bonds. The molecule has 134 valence electrons. The fourth-order valence-corrected chi connectivity index (χ4v) is 2.84. The largest absolute Gasteiger partial charge is 0.496 e. The number of aryl methyl sites for hydroxylation is 2. The number of hydrogen-bond donors (Lipinski definition) is 0. The average molecular weight is 373 g/mol. The number of rotatable bonds is 5. The molecule has 0 saturated carbocycles. The van der Waals surface area contributed by atoms with Crippen molar-refractivity contribution in [2.75, 3.05) is 7.11 Å². The number of halogens is 1. The van der Waals surface area contributed by atoms with E-state index >= 15 is 0 Å². The van der Waals surface area contributed by atoms with E-state index in [0.29, 0.717) is 16.5 Å². The minimum absolute atomic E-state index is 0.0713. The van der Waals surface area contributed by atoms with Crippen LogP contribution >= 0.6 is 11.6 Å². The number of hydrogen-bond acceptors (Lipinski definition) is 5. The summed E-state index contributed by atoms with van der Waals surface area (Å²) in [6.45, 7) is 4.09. The summed E-state index contributed by atoms with van der Waals surface area (Å²) >= 11 is 6.30. The molecular weight excluding hydrogens is 356 g/mol. The molecule has 26 heavy (non-hydrogen) atoms. The van der Waals surface area contributed by atoms with Gasteiger partial charge in [-0.2, -0.15) is 0 Å². The molecule has 3 rings (SSSR count). The normalized spacial score (nSPS) is 10.8. The maximum Gasteiger partial charge on any atom is 0.314 e. The number of nitrogens with zero attached hydrogens (tertiary/aromatic N) is 2. The lowest BCUT2D eigenvalue weighted by molar-refractivity contribution is -0.386. The molecule has 0 aliphatic rings. The van der Waals surface area contributed by atoms with Crippen molar-refractivity contribution < 1.29 is 14.4 Å². The first-order valence-corrected chi connectivity index (χ1v) is 8.29. The molecule has 0 spiro atoms. The van der Waals surface area contributed by atoms with Gasteiger partial charge in [0.2, 0.25) is 0 Å². The lowest BCUT2D eigenvalue weighted by Gasteiger charge is -2.11. The Morgan fingerprint density at radius 2 is 1.96 bits per heavy atom. The van der Waals surface area contributed by atoms with Crippen LogP contribution in [0.25, 0.3) is 10.9 Å². The Kier molecular flexibility index (Phi) is 4.95. The van der Waals surface area contributed by atoms with E-state index in [1.165, 1.54) is 19.2 Å². The first-order valence-electron chi connectivity index (χ1n) is 7.91. The molecule has 0 saturated heterocycles. The Hall–Kier alpha value is -2.86. The predicted molar refractivity (Wildman–Crippen MR) is 100 cm³/mol. The van der Waals surface area contributed by atoms with Gasteiger partial charge in [-0.25, -0.2) is 4.98 Å². The van der Waals surface area contributed by atoms with Gasteiger partial charge in [0, 0.05) is 10.9 Å². The lowest BCUT2D eigenvalue weighted by Crippen LogP contribution is -2.01. The SMILES string of the molecule is COc1ccc(OCc2cc3ccc(C)c(C)c3nc2Cl)c([N+](=O)[O-])c1. The number of nitro benzene ring substituents is 1. The first-order chi connectivity index (χ1) is 12.4.